The molecule has 0 unspecified atom stereocenters. The van der Waals surface area contributed by atoms with Crippen LogP contribution in [0.2, 0.25) is 0 Å². The van der Waals surface area contributed by atoms with Crippen molar-refractivity contribution in [2.24, 2.45) is 0 Å². The summed E-state index contributed by atoms with van der Waals surface area (Å²) in [6.07, 6.45) is 0. The molecule has 8 aromatic carbocycles. The predicted molar refractivity (Wildman–Crippen MR) is 194 cm³/mol. The summed E-state index contributed by atoms with van der Waals surface area (Å²) in [5, 5.41) is 7.16. The maximum absolute atomic E-state index is 6.45. The van der Waals surface area contributed by atoms with E-state index in [9.17, 15) is 0 Å². The largest absolute Gasteiger partial charge is 0.455 e. The van der Waals surface area contributed by atoms with Gasteiger partial charge < -0.3 is 9.32 Å². The molecule has 2 heteroatoms. The van der Waals surface area contributed by atoms with Gasteiger partial charge in [-0.3, -0.25) is 0 Å². The number of para-hydroxylation sites is 2. The summed E-state index contributed by atoms with van der Waals surface area (Å²) in [4.78, 5) is 2.38. The van der Waals surface area contributed by atoms with Gasteiger partial charge in [0.1, 0.15) is 11.2 Å². The standard InChI is InChI=1S/C44H29NO/c1-2-13-32-27-34(26-25-30(32)11-1)33-15-7-17-36(28-33)45(42-23-9-14-31-12-3-4-19-38(31)42)37-18-8-16-35(29-37)39-21-10-22-41-40-20-5-6-24-43(40)46-44(39)41/h1-29H. The number of anilines is 3. The molecular weight excluding hydrogens is 558 g/mol. The molecule has 0 spiro atoms. The van der Waals surface area contributed by atoms with Gasteiger partial charge in [0, 0.05) is 33.1 Å². The third kappa shape index (κ3) is 4.43. The third-order valence-corrected chi connectivity index (χ3v) is 9.01. The maximum atomic E-state index is 6.45. The summed E-state index contributed by atoms with van der Waals surface area (Å²) < 4.78 is 6.45. The molecule has 0 aliphatic heterocycles. The lowest BCUT2D eigenvalue weighted by Crippen LogP contribution is -2.10. The van der Waals surface area contributed by atoms with E-state index in [1.165, 1.54) is 32.7 Å². The molecule has 0 amide bonds. The number of fused-ring (bicyclic) bond motifs is 5. The number of furan rings is 1. The molecular formula is C44H29NO. The van der Waals surface area contributed by atoms with Gasteiger partial charge in [-0.05, 0) is 75.3 Å². The normalized spacial score (nSPS) is 11.5. The second-order valence-corrected chi connectivity index (χ2v) is 11.8. The average molecular weight is 588 g/mol. The molecule has 0 fully saturated rings. The Bertz CT molecular complexity index is 2550. The molecule has 0 radical (unpaired) electrons. The van der Waals surface area contributed by atoms with Crippen molar-refractivity contribution in [1.29, 1.82) is 0 Å². The van der Waals surface area contributed by atoms with Crippen molar-refractivity contribution in [2.45, 2.75) is 0 Å². The van der Waals surface area contributed by atoms with E-state index in [1.54, 1.807) is 0 Å². The summed E-state index contributed by atoms with van der Waals surface area (Å²) in [5.74, 6) is 0. The summed E-state index contributed by atoms with van der Waals surface area (Å²) in [6.45, 7) is 0. The highest BCUT2D eigenvalue weighted by molar-refractivity contribution is 6.10. The Hall–Kier alpha value is -6.12. The number of hydrogen-bond donors (Lipinski definition) is 0. The van der Waals surface area contributed by atoms with Gasteiger partial charge in [0.15, 0.2) is 0 Å². The van der Waals surface area contributed by atoms with E-state index in [0.717, 1.165) is 50.1 Å². The topological polar surface area (TPSA) is 16.4 Å². The van der Waals surface area contributed by atoms with Crippen LogP contribution in [0.1, 0.15) is 0 Å². The Morgan fingerprint density at radius 1 is 0.370 bits per heavy atom. The quantitative estimate of drug-likeness (QED) is 0.199. The second-order valence-electron chi connectivity index (χ2n) is 11.8. The van der Waals surface area contributed by atoms with Crippen LogP contribution in [0.25, 0.3) is 65.7 Å². The number of benzene rings is 8. The molecule has 9 aromatic rings. The van der Waals surface area contributed by atoms with Crippen LogP contribution in [0.15, 0.2) is 180 Å². The van der Waals surface area contributed by atoms with Crippen LogP contribution in [-0.2, 0) is 0 Å². The van der Waals surface area contributed by atoms with Gasteiger partial charge in [0.2, 0.25) is 0 Å². The van der Waals surface area contributed by atoms with Crippen LogP contribution in [0.5, 0.6) is 0 Å². The van der Waals surface area contributed by atoms with Crippen LogP contribution < -0.4 is 4.90 Å². The Balaban J connectivity index is 1.24. The van der Waals surface area contributed by atoms with E-state index in [1.807, 2.05) is 12.1 Å². The van der Waals surface area contributed by atoms with E-state index in [0.29, 0.717) is 0 Å². The molecule has 216 valence electrons. The van der Waals surface area contributed by atoms with Gasteiger partial charge in [-0.25, -0.2) is 0 Å². The van der Waals surface area contributed by atoms with Crippen LogP contribution in [0, 0.1) is 0 Å². The highest BCUT2D eigenvalue weighted by Crippen LogP contribution is 2.43. The fourth-order valence-corrected chi connectivity index (χ4v) is 6.81. The van der Waals surface area contributed by atoms with Crippen molar-refractivity contribution in [3.63, 3.8) is 0 Å². The fraction of sp³-hybridized carbons (Fsp3) is 0. The number of hydrogen-bond acceptors (Lipinski definition) is 2. The van der Waals surface area contributed by atoms with E-state index in [-0.39, 0.29) is 0 Å². The first-order valence-electron chi connectivity index (χ1n) is 15.7. The molecule has 46 heavy (non-hydrogen) atoms. The lowest BCUT2D eigenvalue weighted by atomic mass is 9.99. The van der Waals surface area contributed by atoms with Crippen molar-refractivity contribution in [3.8, 4) is 22.3 Å². The SMILES string of the molecule is c1cc(-c2ccc3ccccc3c2)cc(N(c2cccc(-c3cccc4c3oc3ccccc34)c2)c2cccc3ccccc23)c1. The second kappa shape index (κ2) is 10.8. The van der Waals surface area contributed by atoms with Gasteiger partial charge in [-0.1, -0.05) is 133 Å². The minimum Gasteiger partial charge on any atom is -0.455 e. The molecule has 0 saturated carbocycles. The fourth-order valence-electron chi connectivity index (χ4n) is 6.81. The Labute approximate surface area is 267 Å². The van der Waals surface area contributed by atoms with Crippen LogP contribution in [0.4, 0.5) is 17.1 Å². The van der Waals surface area contributed by atoms with Crippen molar-refractivity contribution < 1.29 is 4.42 Å². The Morgan fingerprint density at radius 3 is 1.85 bits per heavy atom. The first kappa shape index (κ1) is 26.3. The van der Waals surface area contributed by atoms with Crippen LogP contribution >= 0.6 is 0 Å². The van der Waals surface area contributed by atoms with E-state index in [2.05, 4.69) is 169 Å². The molecule has 0 aliphatic carbocycles. The van der Waals surface area contributed by atoms with E-state index >= 15 is 0 Å². The summed E-state index contributed by atoms with van der Waals surface area (Å²) in [7, 11) is 0. The zero-order chi connectivity index (χ0) is 30.5. The maximum Gasteiger partial charge on any atom is 0.143 e. The van der Waals surface area contributed by atoms with Gasteiger partial charge in [-0.2, -0.15) is 0 Å². The first-order valence-corrected chi connectivity index (χ1v) is 15.7. The highest BCUT2D eigenvalue weighted by Gasteiger charge is 2.18. The van der Waals surface area contributed by atoms with Crippen LogP contribution in [-0.4, -0.2) is 0 Å². The third-order valence-electron chi connectivity index (χ3n) is 9.01. The summed E-state index contributed by atoms with van der Waals surface area (Å²) in [6, 6.07) is 62.8. The molecule has 0 N–H and O–H groups in total. The van der Waals surface area contributed by atoms with Crippen molar-refractivity contribution in [1.82, 2.24) is 0 Å². The van der Waals surface area contributed by atoms with Gasteiger partial charge in [0.25, 0.3) is 0 Å². The average Bonchev–Trinajstić information content (AvgIpc) is 3.51. The first-order chi connectivity index (χ1) is 22.8. The van der Waals surface area contributed by atoms with Crippen molar-refractivity contribution in [2.75, 3.05) is 4.90 Å². The molecule has 1 heterocycles. The summed E-state index contributed by atoms with van der Waals surface area (Å²) in [5.41, 5.74) is 9.70. The molecule has 1 aromatic heterocycles. The van der Waals surface area contributed by atoms with E-state index in [4.69, 9.17) is 4.42 Å². The van der Waals surface area contributed by atoms with E-state index < -0.39 is 0 Å². The zero-order valence-corrected chi connectivity index (χ0v) is 25.1. The Kier molecular flexibility index (Phi) is 6.17. The minimum absolute atomic E-state index is 0.906. The highest BCUT2D eigenvalue weighted by atomic mass is 16.3. The van der Waals surface area contributed by atoms with Crippen molar-refractivity contribution >= 4 is 60.5 Å². The van der Waals surface area contributed by atoms with Crippen LogP contribution in [0.3, 0.4) is 0 Å². The number of nitrogens with zero attached hydrogens (tertiary/aromatic N) is 1. The summed E-state index contributed by atoms with van der Waals surface area (Å²) >= 11 is 0. The molecule has 0 atom stereocenters. The molecule has 0 bridgehead atoms. The minimum atomic E-state index is 0.906. The van der Waals surface area contributed by atoms with Crippen molar-refractivity contribution in [3.05, 3.63) is 176 Å². The lowest BCUT2D eigenvalue weighted by Gasteiger charge is -2.28. The molecule has 2 nitrogen and oxygen atoms in total. The number of rotatable bonds is 5. The molecule has 0 aliphatic rings. The monoisotopic (exact) mass is 587 g/mol. The molecule has 9 rings (SSSR count). The Morgan fingerprint density at radius 2 is 0.978 bits per heavy atom. The smallest absolute Gasteiger partial charge is 0.143 e. The molecule has 0 saturated heterocycles. The lowest BCUT2D eigenvalue weighted by molar-refractivity contribution is 0.670. The van der Waals surface area contributed by atoms with Gasteiger partial charge in [0.05, 0.1) is 5.69 Å². The van der Waals surface area contributed by atoms with Gasteiger partial charge in [-0.15, -0.1) is 0 Å². The predicted octanol–water partition coefficient (Wildman–Crippen LogP) is 12.7. The van der Waals surface area contributed by atoms with Gasteiger partial charge >= 0.3 is 0 Å². The zero-order valence-electron chi connectivity index (χ0n) is 25.1.